The van der Waals surface area contributed by atoms with Gasteiger partial charge in [-0.15, -0.1) is 0 Å². The van der Waals surface area contributed by atoms with Gasteiger partial charge < -0.3 is 14.2 Å². The van der Waals surface area contributed by atoms with Crippen LogP contribution < -0.4 is 0 Å². The van der Waals surface area contributed by atoms with Crippen LogP contribution in [0, 0.1) is 0 Å². The normalized spacial score (nSPS) is 13.1. The van der Waals surface area contributed by atoms with E-state index in [0.717, 1.165) is 109 Å². The molecule has 0 heterocycles. The number of carbonyl (C=O) groups is 3. The highest BCUT2D eigenvalue weighted by Gasteiger charge is 2.19. The zero-order valence-electron chi connectivity index (χ0n) is 41.7. The van der Waals surface area contributed by atoms with E-state index >= 15 is 0 Å². The van der Waals surface area contributed by atoms with Crippen molar-refractivity contribution >= 4 is 17.9 Å². The summed E-state index contributed by atoms with van der Waals surface area (Å²) in [6.07, 6.45) is 71.8. The Morgan fingerprint density at radius 1 is 0.323 bits per heavy atom. The quantitative estimate of drug-likeness (QED) is 0.0262. The minimum atomic E-state index is -0.828. The lowest BCUT2D eigenvalue weighted by Gasteiger charge is -2.18. The first-order valence-electron chi connectivity index (χ1n) is 26.0. The van der Waals surface area contributed by atoms with E-state index in [2.05, 4.69) is 142 Å². The zero-order valence-corrected chi connectivity index (χ0v) is 41.7. The Balaban J connectivity index is 4.58. The molecule has 0 aromatic rings. The number of carbonyl (C=O) groups excluding carboxylic acids is 3. The summed E-state index contributed by atoms with van der Waals surface area (Å²) in [5.74, 6) is -1.03. The first-order valence-corrected chi connectivity index (χ1v) is 26.0. The lowest BCUT2D eigenvalue weighted by atomic mass is 10.1. The molecule has 6 heteroatoms. The van der Waals surface area contributed by atoms with Gasteiger partial charge in [-0.25, -0.2) is 0 Å². The summed E-state index contributed by atoms with van der Waals surface area (Å²) in [6.45, 7) is 6.36. The van der Waals surface area contributed by atoms with Crippen LogP contribution in [0.15, 0.2) is 122 Å². The molecule has 0 aliphatic carbocycles. The number of rotatable bonds is 45. The molecule has 0 aromatic carbocycles. The van der Waals surface area contributed by atoms with Crippen LogP contribution in [-0.4, -0.2) is 37.2 Å². The second-order valence-electron chi connectivity index (χ2n) is 16.7. The lowest BCUT2D eigenvalue weighted by molar-refractivity contribution is -0.167. The molecule has 0 aromatic heterocycles. The number of allylic oxidation sites excluding steroid dienone is 20. The number of unbranched alkanes of at least 4 members (excludes halogenated alkanes) is 14. The van der Waals surface area contributed by atoms with Gasteiger partial charge in [0.15, 0.2) is 6.10 Å². The van der Waals surface area contributed by atoms with Crippen molar-refractivity contribution in [2.45, 2.75) is 219 Å². The molecule has 0 unspecified atom stereocenters. The third-order valence-electron chi connectivity index (χ3n) is 10.4. The third-order valence-corrected chi connectivity index (χ3v) is 10.4. The van der Waals surface area contributed by atoms with Gasteiger partial charge in [-0.05, 0) is 135 Å². The van der Waals surface area contributed by atoms with Gasteiger partial charge in [-0.2, -0.15) is 0 Å². The molecular formula is C59H94O6. The second kappa shape index (κ2) is 52.4. The van der Waals surface area contributed by atoms with E-state index in [0.29, 0.717) is 25.7 Å². The Bertz CT molecular complexity index is 1400. The predicted octanol–water partition coefficient (Wildman–Crippen LogP) is 17.3. The van der Waals surface area contributed by atoms with E-state index in [1.165, 1.54) is 51.4 Å². The summed E-state index contributed by atoms with van der Waals surface area (Å²) in [5.41, 5.74) is 0. The zero-order chi connectivity index (χ0) is 47.2. The summed E-state index contributed by atoms with van der Waals surface area (Å²) in [6, 6.07) is 0. The number of hydrogen-bond donors (Lipinski definition) is 0. The van der Waals surface area contributed by atoms with E-state index in [1.54, 1.807) is 0 Å². The molecule has 0 aliphatic heterocycles. The minimum absolute atomic E-state index is 0.122. The Morgan fingerprint density at radius 2 is 0.600 bits per heavy atom. The average molecular weight is 899 g/mol. The van der Waals surface area contributed by atoms with Gasteiger partial charge in [0.1, 0.15) is 13.2 Å². The van der Waals surface area contributed by atoms with Gasteiger partial charge in [0, 0.05) is 19.3 Å². The molecular weight excluding hydrogens is 805 g/mol. The van der Waals surface area contributed by atoms with Crippen molar-refractivity contribution in [3.8, 4) is 0 Å². The number of esters is 3. The maximum Gasteiger partial charge on any atom is 0.306 e. The molecule has 1 atom stereocenters. The number of hydrogen-bond acceptors (Lipinski definition) is 6. The fraction of sp³-hybridized carbons (Fsp3) is 0.610. The Labute approximate surface area is 399 Å². The molecule has 0 rings (SSSR count). The second-order valence-corrected chi connectivity index (χ2v) is 16.7. The summed E-state index contributed by atoms with van der Waals surface area (Å²) >= 11 is 0. The first kappa shape index (κ1) is 60.8. The van der Waals surface area contributed by atoms with E-state index < -0.39 is 6.10 Å². The van der Waals surface area contributed by atoms with Gasteiger partial charge in [-0.3, -0.25) is 14.4 Å². The van der Waals surface area contributed by atoms with E-state index in [1.807, 2.05) is 0 Å². The number of ether oxygens (including phenoxy) is 3. The van der Waals surface area contributed by atoms with Crippen LogP contribution in [0.1, 0.15) is 213 Å². The highest BCUT2D eigenvalue weighted by molar-refractivity contribution is 5.71. The van der Waals surface area contributed by atoms with Crippen molar-refractivity contribution in [2.75, 3.05) is 13.2 Å². The van der Waals surface area contributed by atoms with Gasteiger partial charge in [0.2, 0.25) is 0 Å². The van der Waals surface area contributed by atoms with Crippen LogP contribution in [0.5, 0.6) is 0 Å². The van der Waals surface area contributed by atoms with E-state index in [4.69, 9.17) is 14.2 Å². The monoisotopic (exact) mass is 899 g/mol. The molecule has 6 nitrogen and oxygen atoms in total. The van der Waals surface area contributed by atoms with Gasteiger partial charge >= 0.3 is 17.9 Å². The molecule has 366 valence electrons. The molecule has 0 aliphatic rings. The summed E-state index contributed by atoms with van der Waals surface area (Å²) < 4.78 is 16.7. The summed E-state index contributed by atoms with van der Waals surface area (Å²) in [7, 11) is 0. The van der Waals surface area contributed by atoms with Crippen LogP contribution in [-0.2, 0) is 28.6 Å². The minimum Gasteiger partial charge on any atom is -0.462 e. The summed E-state index contributed by atoms with van der Waals surface area (Å²) in [4.78, 5) is 38.0. The molecule has 0 bridgehead atoms. The van der Waals surface area contributed by atoms with Crippen LogP contribution >= 0.6 is 0 Å². The van der Waals surface area contributed by atoms with Gasteiger partial charge in [0.05, 0.1) is 0 Å². The van der Waals surface area contributed by atoms with Crippen LogP contribution in [0.25, 0.3) is 0 Å². The van der Waals surface area contributed by atoms with Crippen molar-refractivity contribution in [2.24, 2.45) is 0 Å². The molecule has 0 radical (unpaired) electrons. The van der Waals surface area contributed by atoms with Crippen molar-refractivity contribution < 1.29 is 28.6 Å². The molecule has 65 heavy (non-hydrogen) atoms. The van der Waals surface area contributed by atoms with Crippen LogP contribution in [0.3, 0.4) is 0 Å². The third kappa shape index (κ3) is 50.7. The van der Waals surface area contributed by atoms with Crippen molar-refractivity contribution in [1.82, 2.24) is 0 Å². The Hall–Kier alpha value is -4.19. The highest BCUT2D eigenvalue weighted by atomic mass is 16.6. The van der Waals surface area contributed by atoms with Crippen LogP contribution in [0.2, 0.25) is 0 Å². The van der Waals surface area contributed by atoms with Crippen molar-refractivity contribution in [1.29, 1.82) is 0 Å². The molecule has 0 saturated heterocycles. The Morgan fingerprint density at radius 3 is 0.954 bits per heavy atom. The molecule has 0 saturated carbocycles. The first-order chi connectivity index (χ1) is 32.0. The fourth-order valence-corrected chi connectivity index (χ4v) is 6.50. The standard InChI is InChI=1S/C59H94O6/c1-4-7-10-13-16-19-22-25-28-29-32-34-37-40-43-46-49-52-58(61)64-55-56(65-59(62)53-50-47-44-41-38-35-31-27-24-21-18-15-12-9-6-3)54-63-57(60)51-48-45-42-39-36-33-30-26-23-20-17-14-11-8-5-2/h9,12,16-21,25-28,30-32,34,36,38-39,41,56H,4-8,10-11,13-15,22-24,29,33,35,37,40,42-55H2,1-3H3/b12-9-,19-16-,20-17-,21-18-,28-25-,30-26-,31-27-,34-32-,39-36-,41-38-/t56-/m1/s1. The van der Waals surface area contributed by atoms with Gasteiger partial charge in [-0.1, -0.05) is 181 Å². The average Bonchev–Trinajstić information content (AvgIpc) is 3.30. The maximum absolute atomic E-state index is 12.8. The lowest BCUT2D eigenvalue weighted by Crippen LogP contribution is -2.30. The predicted molar refractivity (Wildman–Crippen MR) is 279 cm³/mol. The smallest absolute Gasteiger partial charge is 0.306 e. The molecule has 0 amide bonds. The molecule has 0 spiro atoms. The highest BCUT2D eigenvalue weighted by Crippen LogP contribution is 2.11. The fourth-order valence-electron chi connectivity index (χ4n) is 6.50. The SMILES string of the molecule is CC/C=C\C/C=C\C/C=C\C/C=C\CCCCC(=O)O[C@H](COC(=O)CCCC/C=C\C/C=C\C/C=C\CCCCC)COC(=O)CCCCCC/C=C\C/C=C\C/C=C\CCCCC. The maximum atomic E-state index is 12.8. The largest absolute Gasteiger partial charge is 0.462 e. The van der Waals surface area contributed by atoms with E-state index in [9.17, 15) is 14.4 Å². The van der Waals surface area contributed by atoms with Crippen LogP contribution in [0.4, 0.5) is 0 Å². The Kier molecular flexibility index (Phi) is 49.1. The van der Waals surface area contributed by atoms with E-state index in [-0.39, 0.29) is 37.5 Å². The molecule has 0 N–H and O–H groups in total. The van der Waals surface area contributed by atoms with Crippen molar-refractivity contribution in [3.63, 3.8) is 0 Å². The topological polar surface area (TPSA) is 78.9 Å². The van der Waals surface area contributed by atoms with Gasteiger partial charge in [0.25, 0.3) is 0 Å². The summed E-state index contributed by atoms with van der Waals surface area (Å²) in [5, 5.41) is 0. The molecule has 0 fully saturated rings. The van der Waals surface area contributed by atoms with Crippen molar-refractivity contribution in [3.05, 3.63) is 122 Å².